The van der Waals surface area contributed by atoms with Gasteiger partial charge in [0.25, 0.3) is 5.56 Å². The number of aryl methyl sites for hydroxylation is 2. The Balaban J connectivity index is 0.000000176. The van der Waals surface area contributed by atoms with E-state index < -0.39 is 0 Å². The van der Waals surface area contributed by atoms with Gasteiger partial charge >= 0.3 is 0 Å². The van der Waals surface area contributed by atoms with Gasteiger partial charge in [0.1, 0.15) is 11.6 Å². The highest BCUT2D eigenvalue weighted by atomic mass is 19.1. The number of nitrogens with zero attached hydrogens (tertiary/aromatic N) is 4. The van der Waals surface area contributed by atoms with Crippen LogP contribution in [0.25, 0.3) is 0 Å². The van der Waals surface area contributed by atoms with Gasteiger partial charge in [-0.1, -0.05) is 0 Å². The lowest BCUT2D eigenvalue weighted by Gasteiger charge is -2.29. The molecule has 2 aliphatic heterocycles. The van der Waals surface area contributed by atoms with Gasteiger partial charge in [-0.25, -0.2) is 8.78 Å². The third-order valence-corrected chi connectivity index (χ3v) is 6.47. The van der Waals surface area contributed by atoms with Crippen LogP contribution in [0, 0.1) is 18.6 Å². The fourth-order valence-electron chi connectivity index (χ4n) is 4.84. The summed E-state index contributed by atoms with van der Waals surface area (Å²) in [5.41, 5.74) is 2.51. The average Bonchev–Trinajstić information content (AvgIpc) is 3.36. The molecular formula is C24H34F2N4O. The normalized spacial score (nSPS) is 22.1. The third kappa shape index (κ3) is 5.39. The van der Waals surface area contributed by atoms with Crippen LogP contribution in [0.3, 0.4) is 0 Å². The molecule has 2 atom stereocenters. The minimum Gasteiger partial charge on any atom is -0.315 e. The maximum absolute atomic E-state index is 13.2. The quantitative estimate of drug-likeness (QED) is 0.723. The van der Waals surface area contributed by atoms with Crippen molar-refractivity contribution in [2.45, 2.75) is 64.6 Å². The third-order valence-electron chi connectivity index (χ3n) is 6.47. The Labute approximate surface area is 183 Å². The van der Waals surface area contributed by atoms with Crippen molar-refractivity contribution < 1.29 is 8.78 Å². The zero-order chi connectivity index (χ0) is 22.7. The number of halogens is 2. The smallest absolute Gasteiger partial charge is 0.255 e. The number of pyridine rings is 2. The summed E-state index contributed by atoms with van der Waals surface area (Å²) >= 11 is 0. The van der Waals surface area contributed by atoms with E-state index in [1.165, 1.54) is 29.4 Å². The number of aromatic nitrogens is 2. The van der Waals surface area contributed by atoms with Crippen molar-refractivity contribution in [3.05, 3.63) is 63.3 Å². The van der Waals surface area contributed by atoms with E-state index in [4.69, 9.17) is 0 Å². The first-order chi connectivity index (χ1) is 14.7. The maximum Gasteiger partial charge on any atom is 0.255 e. The topological polar surface area (TPSA) is 41.4 Å². The minimum absolute atomic E-state index is 0.0828. The van der Waals surface area contributed by atoms with Crippen LogP contribution in [0.15, 0.2) is 29.3 Å². The van der Waals surface area contributed by atoms with Crippen LogP contribution in [-0.2, 0) is 7.05 Å². The predicted molar refractivity (Wildman–Crippen MR) is 119 cm³/mol. The fraction of sp³-hybridized carbons (Fsp3) is 0.583. The molecule has 2 saturated heterocycles. The van der Waals surface area contributed by atoms with Gasteiger partial charge in [-0.05, 0) is 84.3 Å². The molecule has 2 fully saturated rings. The monoisotopic (exact) mass is 432 g/mol. The molecular weight excluding hydrogens is 398 g/mol. The highest BCUT2D eigenvalue weighted by Gasteiger charge is 2.29. The molecule has 0 spiro atoms. The minimum atomic E-state index is -0.340. The highest BCUT2D eigenvalue weighted by Crippen LogP contribution is 2.34. The Morgan fingerprint density at radius 1 is 1.00 bits per heavy atom. The largest absolute Gasteiger partial charge is 0.315 e. The molecule has 5 nitrogen and oxygen atoms in total. The second kappa shape index (κ2) is 10.0. The summed E-state index contributed by atoms with van der Waals surface area (Å²) in [6.45, 7) is 8.44. The Kier molecular flexibility index (Phi) is 7.59. The van der Waals surface area contributed by atoms with Gasteiger partial charge in [0.05, 0.1) is 6.20 Å². The molecule has 0 radical (unpaired) electrons. The molecule has 0 N–H and O–H groups in total. The first-order valence-electron chi connectivity index (χ1n) is 11.1. The van der Waals surface area contributed by atoms with Crippen LogP contribution in [0.2, 0.25) is 0 Å². The Morgan fingerprint density at radius 2 is 1.65 bits per heavy atom. The summed E-state index contributed by atoms with van der Waals surface area (Å²) in [5, 5.41) is 0. The summed E-state index contributed by atoms with van der Waals surface area (Å²) in [6.07, 6.45) is 6.84. The van der Waals surface area contributed by atoms with Crippen LogP contribution < -0.4 is 5.56 Å². The molecule has 0 bridgehead atoms. The SMILES string of the molecule is CN1CCCC1c1cc(F)cn(C)c1=O.Cc1ncc(F)cc1C1CCCN1C(C)C. The second-order valence-corrected chi connectivity index (χ2v) is 8.99. The van der Waals surface area contributed by atoms with Crippen molar-refractivity contribution in [3.63, 3.8) is 0 Å². The molecule has 2 unspecified atom stereocenters. The summed E-state index contributed by atoms with van der Waals surface area (Å²) < 4.78 is 27.8. The van der Waals surface area contributed by atoms with Crippen LogP contribution in [0.4, 0.5) is 8.78 Å². The highest BCUT2D eigenvalue weighted by molar-refractivity contribution is 5.24. The lowest BCUT2D eigenvalue weighted by molar-refractivity contribution is 0.204. The molecule has 0 amide bonds. The number of likely N-dealkylation sites (tertiary alicyclic amines) is 2. The average molecular weight is 433 g/mol. The summed E-state index contributed by atoms with van der Waals surface area (Å²) in [7, 11) is 3.56. The summed E-state index contributed by atoms with van der Waals surface area (Å²) in [6, 6.07) is 3.96. The lowest BCUT2D eigenvalue weighted by atomic mass is 10.0. The van der Waals surface area contributed by atoms with Crippen LogP contribution in [0.1, 0.15) is 68.4 Å². The van der Waals surface area contributed by atoms with Gasteiger partial charge in [0, 0.05) is 42.6 Å². The predicted octanol–water partition coefficient (Wildman–Crippen LogP) is 4.37. The van der Waals surface area contributed by atoms with Crippen molar-refractivity contribution >= 4 is 0 Å². The van der Waals surface area contributed by atoms with E-state index in [2.05, 4.69) is 28.6 Å². The van der Waals surface area contributed by atoms with E-state index >= 15 is 0 Å². The second-order valence-electron chi connectivity index (χ2n) is 8.99. The molecule has 0 aliphatic carbocycles. The van der Waals surface area contributed by atoms with Crippen molar-refractivity contribution in [2.75, 3.05) is 20.1 Å². The fourth-order valence-corrected chi connectivity index (χ4v) is 4.84. The molecule has 4 heterocycles. The summed E-state index contributed by atoms with van der Waals surface area (Å²) in [4.78, 5) is 20.5. The van der Waals surface area contributed by atoms with E-state index in [0.717, 1.165) is 43.6 Å². The molecule has 2 aliphatic rings. The Morgan fingerprint density at radius 3 is 2.29 bits per heavy atom. The van der Waals surface area contributed by atoms with Gasteiger partial charge in [0.15, 0.2) is 0 Å². The molecule has 4 rings (SSSR count). The standard InChI is InChI=1S/C13H19FN2.C11H15FN2O/c1-9(2)16-6-4-5-13(16)12-7-11(14)8-15-10(12)3;1-13-5-3-4-10(13)9-6-8(12)7-14(2)11(9)15/h7-9,13H,4-6H2,1-3H3;6-7,10H,3-5H2,1-2H3. The lowest BCUT2D eigenvalue weighted by Crippen LogP contribution is -2.30. The molecule has 2 aromatic rings. The maximum atomic E-state index is 13.2. The van der Waals surface area contributed by atoms with E-state index in [0.29, 0.717) is 17.6 Å². The van der Waals surface area contributed by atoms with Crippen molar-refractivity contribution in [3.8, 4) is 0 Å². The van der Waals surface area contributed by atoms with Crippen molar-refractivity contribution in [2.24, 2.45) is 7.05 Å². The van der Waals surface area contributed by atoms with Crippen LogP contribution in [-0.4, -0.2) is 45.5 Å². The van der Waals surface area contributed by atoms with E-state index in [1.54, 1.807) is 13.1 Å². The van der Waals surface area contributed by atoms with Gasteiger partial charge in [-0.2, -0.15) is 0 Å². The first-order valence-corrected chi connectivity index (χ1v) is 11.1. The first kappa shape index (κ1) is 23.5. The van der Waals surface area contributed by atoms with Crippen molar-refractivity contribution in [1.29, 1.82) is 0 Å². The Bertz CT molecular complexity index is 959. The number of rotatable bonds is 3. The molecule has 0 aromatic carbocycles. The van der Waals surface area contributed by atoms with E-state index in [9.17, 15) is 13.6 Å². The molecule has 2 aromatic heterocycles. The molecule has 31 heavy (non-hydrogen) atoms. The van der Waals surface area contributed by atoms with E-state index in [-0.39, 0.29) is 23.2 Å². The van der Waals surface area contributed by atoms with Crippen LogP contribution in [0.5, 0.6) is 0 Å². The molecule has 7 heteroatoms. The van der Waals surface area contributed by atoms with Crippen molar-refractivity contribution in [1.82, 2.24) is 19.4 Å². The van der Waals surface area contributed by atoms with Crippen LogP contribution >= 0.6 is 0 Å². The van der Waals surface area contributed by atoms with E-state index in [1.807, 2.05) is 14.0 Å². The zero-order valence-electron chi connectivity index (χ0n) is 19.2. The Hall–Kier alpha value is -2.12. The molecule has 0 saturated carbocycles. The molecule has 170 valence electrons. The van der Waals surface area contributed by atoms with Gasteiger partial charge in [-0.3, -0.25) is 19.6 Å². The zero-order valence-corrected chi connectivity index (χ0v) is 19.2. The van der Waals surface area contributed by atoms with Gasteiger partial charge in [-0.15, -0.1) is 0 Å². The van der Waals surface area contributed by atoms with Gasteiger partial charge in [0.2, 0.25) is 0 Å². The summed E-state index contributed by atoms with van der Waals surface area (Å²) in [5.74, 6) is -0.566. The van der Waals surface area contributed by atoms with Gasteiger partial charge < -0.3 is 4.57 Å². The number of hydrogen-bond donors (Lipinski definition) is 0. The number of hydrogen-bond acceptors (Lipinski definition) is 4.